The molecule has 1 heterocycles. The summed E-state index contributed by atoms with van der Waals surface area (Å²) in [5, 5.41) is 3.52. The zero-order valence-corrected chi connectivity index (χ0v) is 14.4. The summed E-state index contributed by atoms with van der Waals surface area (Å²) in [6, 6.07) is 8.67. The van der Waals surface area contributed by atoms with Gasteiger partial charge in [-0.2, -0.15) is 0 Å². The molecule has 1 atom stereocenters. The summed E-state index contributed by atoms with van der Waals surface area (Å²) >= 11 is 7.00. The molecular weight excluding hydrogens is 370 g/mol. The molecule has 1 unspecified atom stereocenters. The van der Waals surface area contributed by atoms with Gasteiger partial charge in [0.25, 0.3) is 0 Å². The summed E-state index contributed by atoms with van der Waals surface area (Å²) in [4.78, 5) is 0. The minimum atomic E-state index is 0.278. The summed E-state index contributed by atoms with van der Waals surface area (Å²) in [6.07, 6.45) is 0. The number of nitrogens with one attached hydrogen (secondary N) is 1. The zero-order chi connectivity index (χ0) is 14.0. The van der Waals surface area contributed by atoms with E-state index in [1.807, 2.05) is 13.8 Å². The van der Waals surface area contributed by atoms with Crippen LogP contribution in [-0.4, -0.2) is 0 Å². The molecule has 0 aliphatic carbocycles. The van der Waals surface area contributed by atoms with Crippen LogP contribution < -0.4 is 5.32 Å². The molecule has 0 bridgehead atoms. The van der Waals surface area contributed by atoms with Gasteiger partial charge in [-0.05, 0) is 76.4 Å². The van der Waals surface area contributed by atoms with Crippen LogP contribution in [0.2, 0.25) is 0 Å². The lowest BCUT2D eigenvalue weighted by Gasteiger charge is -2.13. The maximum atomic E-state index is 5.57. The minimum absolute atomic E-state index is 0.278. The first-order valence-corrected chi connectivity index (χ1v) is 7.80. The second-order valence-corrected chi connectivity index (χ2v) is 6.43. The molecule has 2 rings (SSSR count). The SMILES string of the molecule is Cc1cc(C(C)NCc2ccc(Br)c(Br)c2)c(C)o1. The summed E-state index contributed by atoms with van der Waals surface area (Å²) in [5.41, 5.74) is 2.48. The maximum absolute atomic E-state index is 5.57. The Morgan fingerprint density at radius 3 is 2.47 bits per heavy atom. The third-order valence-electron chi connectivity index (χ3n) is 3.14. The van der Waals surface area contributed by atoms with Gasteiger partial charge >= 0.3 is 0 Å². The summed E-state index contributed by atoms with van der Waals surface area (Å²) in [5.74, 6) is 1.96. The molecule has 0 radical (unpaired) electrons. The normalized spacial score (nSPS) is 12.7. The molecule has 19 heavy (non-hydrogen) atoms. The molecule has 1 N–H and O–H groups in total. The fraction of sp³-hybridized carbons (Fsp3) is 0.333. The Bertz CT molecular complexity index is 578. The molecule has 0 aliphatic rings. The standard InChI is InChI=1S/C15H17Br2NO/c1-9-6-13(11(3)19-9)10(2)18-8-12-4-5-14(16)15(17)7-12/h4-7,10,18H,8H2,1-3H3. The highest BCUT2D eigenvalue weighted by atomic mass is 79.9. The van der Waals surface area contributed by atoms with Crippen molar-refractivity contribution in [3.05, 3.63) is 55.9 Å². The number of hydrogen-bond donors (Lipinski definition) is 1. The van der Waals surface area contributed by atoms with Gasteiger partial charge in [-0.1, -0.05) is 6.07 Å². The predicted molar refractivity (Wildman–Crippen MR) is 85.3 cm³/mol. The van der Waals surface area contributed by atoms with Gasteiger partial charge in [0.2, 0.25) is 0 Å². The second kappa shape index (κ2) is 6.25. The van der Waals surface area contributed by atoms with Crippen LogP contribution in [0.1, 0.15) is 35.6 Å². The molecule has 2 aromatic rings. The van der Waals surface area contributed by atoms with Gasteiger partial charge in [0.1, 0.15) is 11.5 Å². The Morgan fingerprint density at radius 1 is 1.16 bits per heavy atom. The molecule has 0 saturated heterocycles. The fourth-order valence-corrected chi connectivity index (χ4v) is 2.78. The van der Waals surface area contributed by atoms with Crippen molar-refractivity contribution in [2.75, 3.05) is 0 Å². The van der Waals surface area contributed by atoms with Gasteiger partial charge in [0.15, 0.2) is 0 Å². The molecule has 0 spiro atoms. The van der Waals surface area contributed by atoms with Crippen molar-refractivity contribution in [2.24, 2.45) is 0 Å². The quantitative estimate of drug-likeness (QED) is 0.773. The first-order valence-electron chi connectivity index (χ1n) is 6.21. The van der Waals surface area contributed by atoms with E-state index in [2.05, 4.69) is 68.4 Å². The Morgan fingerprint density at radius 2 is 1.89 bits per heavy atom. The highest BCUT2D eigenvalue weighted by Gasteiger charge is 2.12. The monoisotopic (exact) mass is 385 g/mol. The molecule has 0 fully saturated rings. The van der Waals surface area contributed by atoms with Crippen LogP contribution in [0.4, 0.5) is 0 Å². The summed E-state index contributed by atoms with van der Waals surface area (Å²) < 4.78 is 7.72. The van der Waals surface area contributed by atoms with Crippen LogP contribution in [-0.2, 0) is 6.54 Å². The van der Waals surface area contributed by atoms with Crippen LogP contribution in [0.25, 0.3) is 0 Å². The average molecular weight is 387 g/mol. The van der Waals surface area contributed by atoms with Crippen molar-refractivity contribution >= 4 is 31.9 Å². The van der Waals surface area contributed by atoms with E-state index in [-0.39, 0.29) is 6.04 Å². The smallest absolute Gasteiger partial charge is 0.105 e. The van der Waals surface area contributed by atoms with E-state index in [4.69, 9.17) is 4.42 Å². The zero-order valence-electron chi connectivity index (χ0n) is 11.3. The van der Waals surface area contributed by atoms with E-state index >= 15 is 0 Å². The van der Waals surface area contributed by atoms with E-state index < -0.39 is 0 Å². The van der Waals surface area contributed by atoms with Crippen molar-refractivity contribution in [3.63, 3.8) is 0 Å². The number of hydrogen-bond acceptors (Lipinski definition) is 2. The lowest BCUT2D eigenvalue weighted by atomic mass is 10.1. The molecule has 4 heteroatoms. The lowest BCUT2D eigenvalue weighted by molar-refractivity contribution is 0.489. The maximum Gasteiger partial charge on any atom is 0.105 e. The van der Waals surface area contributed by atoms with Gasteiger partial charge in [-0.25, -0.2) is 0 Å². The third kappa shape index (κ3) is 3.71. The predicted octanol–water partition coefficient (Wildman–Crippen LogP) is 5.27. The van der Waals surface area contributed by atoms with Crippen molar-refractivity contribution in [1.29, 1.82) is 0 Å². The average Bonchev–Trinajstić information content (AvgIpc) is 2.70. The number of benzene rings is 1. The molecular formula is C15H17Br2NO. The number of furan rings is 1. The van der Waals surface area contributed by atoms with Gasteiger partial charge in [-0.15, -0.1) is 0 Å². The van der Waals surface area contributed by atoms with Crippen molar-refractivity contribution in [2.45, 2.75) is 33.4 Å². The lowest BCUT2D eigenvalue weighted by Crippen LogP contribution is -2.18. The topological polar surface area (TPSA) is 25.2 Å². The van der Waals surface area contributed by atoms with Gasteiger partial charge < -0.3 is 9.73 Å². The van der Waals surface area contributed by atoms with E-state index in [9.17, 15) is 0 Å². The Balaban J connectivity index is 2.02. The van der Waals surface area contributed by atoms with E-state index in [1.54, 1.807) is 0 Å². The molecule has 1 aromatic heterocycles. The summed E-state index contributed by atoms with van der Waals surface area (Å²) in [6.45, 7) is 6.98. The minimum Gasteiger partial charge on any atom is -0.466 e. The molecule has 0 aliphatic heterocycles. The van der Waals surface area contributed by atoms with Crippen molar-refractivity contribution in [3.8, 4) is 0 Å². The Labute approximate surface area is 130 Å². The van der Waals surface area contributed by atoms with Crippen LogP contribution in [0.15, 0.2) is 37.6 Å². The first kappa shape index (κ1) is 14.8. The molecule has 2 nitrogen and oxygen atoms in total. The van der Waals surface area contributed by atoms with Gasteiger partial charge in [0.05, 0.1) is 0 Å². The molecule has 0 amide bonds. The first-order chi connectivity index (χ1) is 8.97. The molecule has 0 saturated carbocycles. The number of halogens is 2. The van der Waals surface area contributed by atoms with Crippen molar-refractivity contribution < 1.29 is 4.42 Å². The number of rotatable bonds is 4. The van der Waals surface area contributed by atoms with Crippen LogP contribution in [0, 0.1) is 13.8 Å². The van der Waals surface area contributed by atoms with E-state index in [1.165, 1.54) is 11.1 Å². The largest absolute Gasteiger partial charge is 0.466 e. The third-order valence-corrected chi connectivity index (χ3v) is 5.02. The Kier molecular flexibility index (Phi) is 4.87. The summed E-state index contributed by atoms with van der Waals surface area (Å²) in [7, 11) is 0. The van der Waals surface area contributed by atoms with Crippen molar-refractivity contribution in [1.82, 2.24) is 5.32 Å². The fourth-order valence-electron chi connectivity index (χ4n) is 2.11. The van der Waals surface area contributed by atoms with Gasteiger partial charge in [-0.3, -0.25) is 0 Å². The van der Waals surface area contributed by atoms with Crippen LogP contribution in [0.3, 0.4) is 0 Å². The highest BCUT2D eigenvalue weighted by Crippen LogP contribution is 2.25. The second-order valence-electron chi connectivity index (χ2n) is 4.72. The molecule has 102 valence electrons. The number of aryl methyl sites for hydroxylation is 2. The van der Waals surface area contributed by atoms with E-state index in [0.29, 0.717) is 0 Å². The van der Waals surface area contributed by atoms with Crippen LogP contribution >= 0.6 is 31.9 Å². The Hall–Kier alpha value is -0.580. The van der Waals surface area contributed by atoms with E-state index in [0.717, 1.165) is 27.0 Å². The van der Waals surface area contributed by atoms with Gasteiger partial charge in [0, 0.05) is 27.1 Å². The molecule has 1 aromatic carbocycles. The van der Waals surface area contributed by atoms with Crippen LogP contribution in [0.5, 0.6) is 0 Å². The highest BCUT2D eigenvalue weighted by molar-refractivity contribution is 9.13.